The fraction of sp³-hybridized carbons (Fsp3) is 0.538. The Kier molecular flexibility index (Phi) is 3.17. The maximum Gasteiger partial charge on any atom is 0.119 e. The topological polar surface area (TPSA) is 55.5 Å². The molecule has 0 aromatic heterocycles. The molecule has 16 heavy (non-hydrogen) atoms. The average Bonchev–Trinajstić information content (AvgIpc) is 3.06. The van der Waals surface area contributed by atoms with Crippen molar-refractivity contribution < 1.29 is 9.84 Å². The van der Waals surface area contributed by atoms with Gasteiger partial charge in [0.2, 0.25) is 0 Å². The van der Waals surface area contributed by atoms with Gasteiger partial charge >= 0.3 is 0 Å². The van der Waals surface area contributed by atoms with Crippen LogP contribution in [0.3, 0.4) is 0 Å². The summed E-state index contributed by atoms with van der Waals surface area (Å²) in [6.45, 7) is 3.40. The molecule has 2 atom stereocenters. The van der Waals surface area contributed by atoms with E-state index in [0.29, 0.717) is 19.1 Å². The minimum Gasteiger partial charge on any atom is -0.494 e. The lowest BCUT2D eigenvalue weighted by Crippen LogP contribution is -2.21. The predicted octanol–water partition coefficient (Wildman–Crippen LogP) is 1.51. The molecule has 1 saturated carbocycles. The van der Waals surface area contributed by atoms with E-state index in [0.717, 1.165) is 12.2 Å². The van der Waals surface area contributed by atoms with Gasteiger partial charge in [0.25, 0.3) is 0 Å². The molecule has 0 bridgehead atoms. The van der Waals surface area contributed by atoms with Crippen LogP contribution < -0.4 is 10.5 Å². The summed E-state index contributed by atoms with van der Waals surface area (Å²) in [6.07, 6.45) is 0.994. The zero-order chi connectivity index (χ0) is 11.6. The molecule has 0 saturated heterocycles. The van der Waals surface area contributed by atoms with Gasteiger partial charge in [0.1, 0.15) is 5.75 Å². The fourth-order valence-electron chi connectivity index (χ4n) is 2.25. The number of benzene rings is 1. The molecule has 1 aromatic rings. The Labute approximate surface area is 96.2 Å². The van der Waals surface area contributed by atoms with Crippen LogP contribution in [0.2, 0.25) is 0 Å². The Hall–Kier alpha value is -1.06. The summed E-state index contributed by atoms with van der Waals surface area (Å²) in [6, 6.07) is 8.11. The quantitative estimate of drug-likeness (QED) is 0.792. The van der Waals surface area contributed by atoms with Crippen LogP contribution in [0, 0.1) is 5.41 Å². The van der Waals surface area contributed by atoms with Crippen LogP contribution in [0.1, 0.15) is 24.8 Å². The summed E-state index contributed by atoms with van der Waals surface area (Å²) in [5.41, 5.74) is 6.89. The van der Waals surface area contributed by atoms with Crippen molar-refractivity contribution in [3.63, 3.8) is 0 Å². The van der Waals surface area contributed by atoms with Gasteiger partial charge in [0, 0.05) is 12.0 Å². The van der Waals surface area contributed by atoms with Gasteiger partial charge in [-0.05, 0) is 37.0 Å². The molecule has 0 amide bonds. The zero-order valence-corrected chi connectivity index (χ0v) is 9.65. The molecule has 3 heteroatoms. The van der Waals surface area contributed by atoms with Crippen LogP contribution >= 0.6 is 0 Å². The highest BCUT2D eigenvalue weighted by Crippen LogP contribution is 2.58. The fourth-order valence-corrected chi connectivity index (χ4v) is 2.25. The van der Waals surface area contributed by atoms with Gasteiger partial charge < -0.3 is 15.6 Å². The van der Waals surface area contributed by atoms with E-state index >= 15 is 0 Å². The van der Waals surface area contributed by atoms with Crippen LogP contribution in [0.25, 0.3) is 0 Å². The van der Waals surface area contributed by atoms with Crippen LogP contribution in [-0.2, 0) is 0 Å². The van der Waals surface area contributed by atoms with Crippen LogP contribution in [0.4, 0.5) is 0 Å². The third-order valence-corrected chi connectivity index (χ3v) is 3.50. The Balaban J connectivity index is 2.07. The number of nitrogens with two attached hydrogens (primary N) is 1. The van der Waals surface area contributed by atoms with Gasteiger partial charge in [-0.15, -0.1) is 0 Å². The van der Waals surface area contributed by atoms with Crippen molar-refractivity contribution in [3.8, 4) is 5.75 Å². The lowest BCUT2D eigenvalue weighted by atomic mass is 10.00. The van der Waals surface area contributed by atoms with Gasteiger partial charge in [-0.3, -0.25) is 0 Å². The lowest BCUT2D eigenvalue weighted by molar-refractivity contribution is 0.211. The van der Waals surface area contributed by atoms with Gasteiger partial charge in [0.15, 0.2) is 0 Å². The first-order valence-corrected chi connectivity index (χ1v) is 5.79. The van der Waals surface area contributed by atoms with Crippen LogP contribution in [0.15, 0.2) is 24.3 Å². The lowest BCUT2D eigenvalue weighted by Gasteiger charge is -2.11. The summed E-state index contributed by atoms with van der Waals surface area (Å²) in [5.74, 6) is 1.31. The number of aliphatic hydroxyl groups is 1. The van der Waals surface area contributed by atoms with Gasteiger partial charge in [-0.1, -0.05) is 12.1 Å². The van der Waals surface area contributed by atoms with E-state index in [-0.39, 0.29) is 12.0 Å². The SMILES string of the molecule is CCOc1ccc(C2CC2(CN)CO)cc1. The van der Waals surface area contributed by atoms with Crippen molar-refractivity contribution in [1.82, 2.24) is 0 Å². The molecule has 1 aliphatic rings. The van der Waals surface area contributed by atoms with Crippen molar-refractivity contribution in [1.29, 1.82) is 0 Å². The van der Waals surface area contributed by atoms with Gasteiger partial charge in [-0.25, -0.2) is 0 Å². The molecule has 0 heterocycles. The number of hydrogen-bond acceptors (Lipinski definition) is 3. The minimum atomic E-state index is -0.0624. The van der Waals surface area contributed by atoms with Crippen molar-refractivity contribution >= 4 is 0 Å². The molecule has 2 unspecified atom stereocenters. The molecular formula is C13H19NO2. The maximum absolute atomic E-state index is 9.32. The summed E-state index contributed by atoms with van der Waals surface area (Å²) >= 11 is 0. The van der Waals surface area contributed by atoms with Gasteiger partial charge in [0.05, 0.1) is 13.2 Å². The maximum atomic E-state index is 9.32. The molecule has 3 N–H and O–H groups in total. The average molecular weight is 221 g/mol. The van der Waals surface area contributed by atoms with E-state index in [1.165, 1.54) is 5.56 Å². The minimum absolute atomic E-state index is 0.0624. The predicted molar refractivity (Wildman–Crippen MR) is 63.5 cm³/mol. The molecule has 1 aromatic carbocycles. The van der Waals surface area contributed by atoms with Gasteiger partial charge in [-0.2, -0.15) is 0 Å². The summed E-state index contributed by atoms with van der Waals surface area (Å²) in [5, 5.41) is 9.32. The number of rotatable bonds is 5. The first-order valence-electron chi connectivity index (χ1n) is 5.79. The second kappa shape index (κ2) is 4.44. The van der Waals surface area contributed by atoms with E-state index in [2.05, 4.69) is 12.1 Å². The summed E-state index contributed by atoms with van der Waals surface area (Å²) in [7, 11) is 0. The summed E-state index contributed by atoms with van der Waals surface area (Å²) < 4.78 is 5.39. The third-order valence-electron chi connectivity index (χ3n) is 3.50. The Morgan fingerprint density at radius 1 is 1.44 bits per heavy atom. The van der Waals surface area contributed by atoms with Crippen molar-refractivity contribution in [2.45, 2.75) is 19.3 Å². The Morgan fingerprint density at radius 3 is 2.56 bits per heavy atom. The van der Waals surface area contributed by atoms with Crippen molar-refractivity contribution in [3.05, 3.63) is 29.8 Å². The largest absolute Gasteiger partial charge is 0.494 e. The second-order valence-electron chi connectivity index (χ2n) is 4.48. The number of aliphatic hydroxyl groups excluding tert-OH is 1. The molecule has 0 aliphatic heterocycles. The van der Waals surface area contributed by atoms with E-state index in [4.69, 9.17) is 10.5 Å². The molecule has 1 fully saturated rings. The van der Waals surface area contributed by atoms with E-state index in [1.54, 1.807) is 0 Å². The highest BCUT2D eigenvalue weighted by Gasteiger charge is 2.53. The number of hydrogen-bond donors (Lipinski definition) is 2. The molecule has 2 rings (SSSR count). The summed E-state index contributed by atoms with van der Waals surface area (Å²) in [4.78, 5) is 0. The van der Waals surface area contributed by atoms with Crippen molar-refractivity contribution in [2.75, 3.05) is 19.8 Å². The molecule has 0 radical (unpaired) electrons. The third kappa shape index (κ3) is 1.93. The highest BCUT2D eigenvalue weighted by atomic mass is 16.5. The standard InChI is InChI=1S/C13H19NO2/c1-2-16-11-5-3-10(4-6-11)12-7-13(12,8-14)9-15/h3-6,12,15H,2,7-9,14H2,1H3. The van der Waals surface area contributed by atoms with E-state index < -0.39 is 0 Å². The van der Waals surface area contributed by atoms with Crippen LogP contribution in [0.5, 0.6) is 5.75 Å². The number of ether oxygens (including phenoxy) is 1. The molecular weight excluding hydrogens is 202 g/mol. The second-order valence-corrected chi connectivity index (χ2v) is 4.48. The normalized spacial score (nSPS) is 27.8. The Bertz CT molecular complexity index is 343. The molecule has 88 valence electrons. The first kappa shape index (κ1) is 11.4. The zero-order valence-electron chi connectivity index (χ0n) is 9.65. The smallest absolute Gasteiger partial charge is 0.119 e. The van der Waals surface area contributed by atoms with E-state index in [9.17, 15) is 5.11 Å². The Morgan fingerprint density at radius 2 is 2.12 bits per heavy atom. The highest BCUT2D eigenvalue weighted by molar-refractivity contribution is 5.35. The van der Waals surface area contributed by atoms with Crippen LogP contribution in [-0.4, -0.2) is 24.9 Å². The molecule has 3 nitrogen and oxygen atoms in total. The van der Waals surface area contributed by atoms with E-state index in [1.807, 2.05) is 19.1 Å². The molecule has 1 aliphatic carbocycles. The monoisotopic (exact) mass is 221 g/mol. The first-order chi connectivity index (χ1) is 7.75. The van der Waals surface area contributed by atoms with Crippen molar-refractivity contribution in [2.24, 2.45) is 11.1 Å². The molecule has 0 spiro atoms.